The van der Waals surface area contributed by atoms with Crippen molar-refractivity contribution in [2.75, 3.05) is 0 Å². The first-order chi connectivity index (χ1) is 15.3. The van der Waals surface area contributed by atoms with E-state index < -0.39 is 12.3 Å². The molecule has 0 aromatic heterocycles. The Labute approximate surface area is 202 Å². The zero-order chi connectivity index (χ0) is 24.4. The first-order valence-corrected chi connectivity index (χ1v) is 14.0. The molecule has 4 rings (SSSR count). The summed E-state index contributed by atoms with van der Waals surface area (Å²) in [6, 6.07) is 0. The maximum atomic E-state index is 13.9. The van der Waals surface area contributed by atoms with E-state index in [9.17, 15) is 14.6 Å². The van der Waals surface area contributed by atoms with Gasteiger partial charge in [0.25, 0.3) is 0 Å². The Morgan fingerprint density at radius 2 is 1.61 bits per heavy atom. The molecule has 2 N–H and O–H groups in total. The Morgan fingerprint density at radius 1 is 0.909 bits per heavy atom. The van der Waals surface area contributed by atoms with Gasteiger partial charge in [-0.05, 0) is 104 Å². The lowest BCUT2D eigenvalue weighted by atomic mass is 9.43. The first kappa shape index (κ1) is 25.7. The summed E-state index contributed by atoms with van der Waals surface area (Å²) >= 11 is 0. The van der Waals surface area contributed by atoms with Crippen molar-refractivity contribution in [1.82, 2.24) is 0 Å². The van der Waals surface area contributed by atoms with E-state index in [1.807, 2.05) is 0 Å². The summed E-state index contributed by atoms with van der Waals surface area (Å²) in [5.41, 5.74) is 4.45. The maximum absolute atomic E-state index is 13.9. The Kier molecular flexibility index (Phi) is 6.70. The summed E-state index contributed by atoms with van der Waals surface area (Å²) in [5, 5.41) is 20.3. The fourth-order valence-corrected chi connectivity index (χ4v) is 9.71. The highest BCUT2D eigenvalue weighted by atomic mass is 19.1. The van der Waals surface area contributed by atoms with Gasteiger partial charge in [0.1, 0.15) is 6.17 Å². The van der Waals surface area contributed by atoms with E-state index in [1.54, 1.807) is 18.1 Å². The lowest BCUT2D eigenvalue weighted by Gasteiger charge is -2.62. The van der Waals surface area contributed by atoms with Crippen LogP contribution in [0.5, 0.6) is 0 Å². The van der Waals surface area contributed by atoms with Crippen LogP contribution >= 0.6 is 0 Å². The highest BCUT2D eigenvalue weighted by molar-refractivity contribution is 5.38. The van der Waals surface area contributed by atoms with Gasteiger partial charge in [0.15, 0.2) is 0 Å². The SMILES string of the molecule is CC(O)C(F)CCC[C@@H](C)[C@H]1CC[C@@]2(C)C3=C(CC[C@]12C)[C@@]1(C)CC[C@H](O)C(C)(C)[C@@H]1CC3. The molecule has 0 heterocycles. The van der Waals surface area contributed by atoms with Crippen LogP contribution < -0.4 is 0 Å². The number of fused-ring (bicyclic) bond motifs is 4. The van der Waals surface area contributed by atoms with Gasteiger partial charge in [-0.3, -0.25) is 0 Å². The van der Waals surface area contributed by atoms with Gasteiger partial charge in [-0.2, -0.15) is 0 Å². The third-order valence-corrected chi connectivity index (χ3v) is 12.1. The van der Waals surface area contributed by atoms with Crippen LogP contribution in [0.1, 0.15) is 119 Å². The fourth-order valence-electron chi connectivity index (χ4n) is 9.71. The molecule has 2 saturated carbocycles. The highest BCUT2D eigenvalue weighted by Gasteiger charge is 2.63. The summed E-state index contributed by atoms with van der Waals surface area (Å²) in [5.74, 6) is 1.89. The van der Waals surface area contributed by atoms with E-state index >= 15 is 0 Å². The zero-order valence-electron chi connectivity index (χ0n) is 22.5. The Balaban J connectivity index is 1.56. The summed E-state index contributed by atoms with van der Waals surface area (Å²) in [4.78, 5) is 0. The number of hydrogen-bond donors (Lipinski definition) is 2. The minimum Gasteiger partial charge on any atom is -0.393 e. The molecule has 0 spiro atoms. The van der Waals surface area contributed by atoms with Crippen molar-refractivity contribution in [2.45, 2.75) is 137 Å². The standard InChI is InChI=1S/C30H51FO2/c1-19(9-8-10-24(31)20(2)32)21-13-17-30(7)23-11-12-25-27(3,4)26(33)15-16-28(25,5)22(23)14-18-29(21,30)6/h19-21,24-26,32-33H,8-18H2,1-7H3/t19-,20?,21-,24?,25+,26+,28-,29-,30+/m1/s1. The molecule has 0 aliphatic heterocycles. The van der Waals surface area contributed by atoms with E-state index in [-0.39, 0.29) is 22.3 Å². The number of hydrogen-bond acceptors (Lipinski definition) is 2. The van der Waals surface area contributed by atoms with Gasteiger partial charge in [-0.1, -0.05) is 65.5 Å². The molecule has 3 heteroatoms. The second-order valence-corrected chi connectivity index (χ2v) is 13.9. The molecule has 0 radical (unpaired) electrons. The van der Waals surface area contributed by atoms with E-state index in [0.29, 0.717) is 29.6 Å². The van der Waals surface area contributed by atoms with Gasteiger partial charge in [0.2, 0.25) is 0 Å². The minimum atomic E-state index is -1.08. The smallest absolute Gasteiger partial charge is 0.126 e. The molecule has 4 aliphatic rings. The van der Waals surface area contributed by atoms with Crippen LogP contribution in [0.25, 0.3) is 0 Å². The predicted octanol–water partition coefficient (Wildman–Crippen LogP) is 7.62. The molecule has 33 heavy (non-hydrogen) atoms. The summed E-state index contributed by atoms with van der Waals surface area (Å²) in [6.45, 7) is 16.3. The maximum Gasteiger partial charge on any atom is 0.126 e. The lowest BCUT2D eigenvalue weighted by molar-refractivity contribution is -0.0962. The van der Waals surface area contributed by atoms with Crippen LogP contribution in [-0.2, 0) is 0 Å². The first-order valence-electron chi connectivity index (χ1n) is 14.0. The predicted molar refractivity (Wildman–Crippen MR) is 135 cm³/mol. The third-order valence-electron chi connectivity index (χ3n) is 12.1. The number of alkyl halides is 1. The number of aliphatic hydroxyl groups is 2. The molecule has 0 amide bonds. The van der Waals surface area contributed by atoms with Gasteiger partial charge in [-0.15, -0.1) is 0 Å². The molecule has 0 saturated heterocycles. The van der Waals surface area contributed by atoms with E-state index in [1.165, 1.54) is 38.5 Å². The van der Waals surface area contributed by atoms with E-state index in [4.69, 9.17) is 0 Å². The molecule has 190 valence electrons. The van der Waals surface area contributed by atoms with Gasteiger partial charge in [0, 0.05) is 0 Å². The Morgan fingerprint density at radius 3 is 2.27 bits per heavy atom. The molecule has 2 fully saturated rings. The molecule has 9 atom stereocenters. The van der Waals surface area contributed by atoms with Crippen molar-refractivity contribution in [3.8, 4) is 0 Å². The number of allylic oxidation sites excluding steroid dienone is 2. The average molecular weight is 463 g/mol. The van der Waals surface area contributed by atoms with Gasteiger partial charge >= 0.3 is 0 Å². The van der Waals surface area contributed by atoms with E-state index in [2.05, 4.69) is 41.5 Å². The number of aliphatic hydroxyl groups excluding tert-OH is 2. The summed E-state index contributed by atoms with van der Waals surface area (Å²) in [6.07, 6.45) is 9.96. The van der Waals surface area contributed by atoms with Crippen molar-refractivity contribution in [3.05, 3.63) is 11.1 Å². The molecule has 2 nitrogen and oxygen atoms in total. The molecule has 2 unspecified atom stereocenters. The Hall–Kier alpha value is -0.410. The highest BCUT2D eigenvalue weighted by Crippen LogP contribution is 2.72. The second-order valence-electron chi connectivity index (χ2n) is 13.9. The molecular formula is C30H51FO2. The van der Waals surface area contributed by atoms with Crippen LogP contribution in [0.2, 0.25) is 0 Å². The molecule has 4 aliphatic carbocycles. The molecule has 0 aromatic carbocycles. The van der Waals surface area contributed by atoms with Crippen LogP contribution in [0.15, 0.2) is 11.1 Å². The normalized spacial score (nSPS) is 45.1. The van der Waals surface area contributed by atoms with Crippen LogP contribution in [0.3, 0.4) is 0 Å². The zero-order valence-corrected chi connectivity index (χ0v) is 22.5. The van der Waals surface area contributed by atoms with Crippen molar-refractivity contribution in [2.24, 2.45) is 39.4 Å². The van der Waals surface area contributed by atoms with E-state index in [0.717, 1.165) is 25.7 Å². The van der Waals surface area contributed by atoms with Crippen LogP contribution in [-0.4, -0.2) is 28.6 Å². The summed E-state index contributed by atoms with van der Waals surface area (Å²) < 4.78 is 13.9. The van der Waals surface area contributed by atoms with Crippen molar-refractivity contribution in [3.63, 3.8) is 0 Å². The molecule has 0 aromatic rings. The number of halogens is 1. The van der Waals surface area contributed by atoms with Gasteiger partial charge < -0.3 is 10.2 Å². The minimum absolute atomic E-state index is 0.000254. The van der Waals surface area contributed by atoms with Crippen molar-refractivity contribution in [1.29, 1.82) is 0 Å². The fraction of sp³-hybridized carbons (Fsp3) is 0.933. The monoisotopic (exact) mass is 462 g/mol. The average Bonchev–Trinajstić information content (AvgIpc) is 3.02. The quantitative estimate of drug-likeness (QED) is 0.399. The summed E-state index contributed by atoms with van der Waals surface area (Å²) in [7, 11) is 0. The Bertz CT molecular complexity index is 771. The molecule has 0 bridgehead atoms. The van der Waals surface area contributed by atoms with Crippen molar-refractivity contribution < 1.29 is 14.6 Å². The largest absolute Gasteiger partial charge is 0.393 e. The number of rotatable bonds is 6. The van der Waals surface area contributed by atoms with Crippen molar-refractivity contribution >= 4 is 0 Å². The van der Waals surface area contributed by atoms with Crippen LogP contribution in [0.4, 0.5) is 4.39 Å². The lowest BCUT2D eigenvalue weighted by Crippen LogP contribution is -2.55. The third kappa shape index (κ3) is 3.78. The van der Waals surface area contributed by atoms with Gasteiger partial charge in [-0.25, -0.2) is 4.39 Å². The second kappa shape index (κ2) is 8.61. The van der Waals surface area contributed by atoms with Gasteiger partial charge in [0.05, 0.1) is 12.2 Å². The van der Waals surface area contributed by atoms with Crippen LogP contribution in [0, 0.1) is 39.4 Å². The topological polar surface area (TPSA) is 40.5 Å². The molecular weight excluding hydrogens is 411 g/mol.